The molecule has 32 heavy (non-hydrogen) atoms. The van der Waals surface area contributed by atoms with Gasteiger partial charge < -0.3 is 30.3 Å². The molecule has 1 aliphatic rings. The fourth-order valence-corrected chi connectivity index (χ4v) is 3.77. The molecule has 0 radical (unpaired) electrons. The first-order chi connectivity index (χ1) is 15.1. The van der Waals surface area contributed by atoms with Crippen LogP contribution in [0.25, 0.3) is 0 Å². The van der Waals surface area contributed by atoms with Crippen LogP contribution in [0.3, 0.4) is 0 Å². The van der Waals surface area contributed by atoms with Gasteiger partial charge >= 0.3 is 0 Å². The number of phenols is 5. The molecule has 7 heteroatoms. The summed E-state index contributed by atoms with van der Waals surface area (Å²) >= 11 is 0. The van der Waals surface area contributed by atoms with Crippen LogP contribution in [0.1, 0.15) is 67.6 Å². The molecule has 0 spiro atoms. The number of carbonyl (C=O) groups excluding carboxylic acids is 1. The molecule has 3 rings (SSSR count). The largest absolute Gasteiger partial charge is 0.508 e. The molecule has 1 aliphatic heterocycles. The number of benzene rings is 2. The normalized spacial score (nSPS) is 15.8. The van der Waals surface area contributed by atoms with Gasteiger partial charge in [-0.25, -0.2) is 0 Å². The molecule has 0 unspecified atom stereocenters. The van der Waals surface area contributed by atoms with Crippen LogP contribution in [-0.4, -0.2) is 31.3 Å². The second kappa shape index (κ2) is 9.26. The van der Waals surface area contributed by atoms with Gasteiger partial charge in [0.15, 0.2) is 5.78 Å². The first kappa shape index (κ1) is 23.1. The van der Waals surface area contributed by atoms with Crippen molar-refractivity contribution in [2.45, 2.75) is 52.6 Å². The number of ether oxygens (including phenoxy) is 1. The average molecular weight is 440 g/mol. The van der Waals surface area contributed by atoms with Gasteiger partial charge in [-0.2, -0.15) is 0 Å². The summed E-state index contributed by atoms with van der Waals surface area (Å²) in [5.74, 6) is -2.24. The molecule has 1 atom stereocenters. The highest BCUT2D eigenvalue weighted by molar-refractivity contribution is 6.03. The third kappa shape index (κ3) is 4.82. The van der Waals surface area contributed by atoms with Crippen LogP contribution in [0.4, 0.5) is 0 Å². The van der Waals surface area contributed by atoms with Gasteiger partial charge in [-0.1, -0.05) is 23.3 Å². The maximum Gasteiger partial charge on any atom is 0.174 e. The van der Waals surface area contributed by atoms with E-state index in [0.29, 0.717) is 0 Å². The smallest absolute Gasteiger partial charge is 0.174 e. The Morgan fingerprint density at radius 3 is 2.28 bits per heavy atom. The Labute approximate surface area is 186 Å². The lowest BCUT2D eigenvalue weighted by atomic mass is 9.92. The maximum absolute atomic E-state index is 12.8. The van der Waals surface area contributed by atoms with E-state index in [1.165, 1.54) is 11.6 Å². The van der Waals surface area contributed by atoms with E-state index in [-0.39, 0.29) is 52.5 Å². The van der Waals surface area contributed by atoms with Gasteiger partial charge in [0.25, 0.3) is 0 Å². The number of phenolic OH excluding ortho intramolecular Hbond substituents is 5. The standard InChI is InChI=1S/C25H28O7/c1-13(2)5-4-6-14(3)7-8-16-17(27)11-22-24(25(16)31)20(30)12-21(32-22)23-18(28)9-15(26)10-19(23)29/h5,7,9-11,21,26-29,31H,4,6,8,12H2,1-3H3/b14-7+/t21-/m1/s1. The monoisotopic (exact) mass is 440 g/mol. The Morgan fingerprint density at radius 2 is 1.66 bits per heavy atom. The molecule has 2 aromatic rings. The summed E-state index contributed by atoms with van der Waals surface area (Å²) in [4.78, 5) is 12.8. The third-order valence-electron chi connectivity index (χ3n) is 5.45. The van der Waals surface area contributed by atoms with Crippen LogP contribution in [0.15, 0.2) is 41.5 Å². The van der Waals surface area contributed by atoms with Gasteiger partial charge in [0, 0.05) is 23.8 Å². The summed E-state index contributed by atoms with van der Waals surface area (Å²) in [5.41, 5.74) is 2.48. The zero-order valence-electron chi connectivity index (χ0n) is 18.3. The first-order valence-electron chi connectivity index (χ1n) is 10.4. The maximum atomic E-state index is 12.8. The Balaban J connectivity index is 1.88. The van der Waals surface area contributed by atoms with Crippen LogP contribution in [0.5, 0.6) is 34.5 Å². The van der Waals surface area contributed by atoms with Gasteiger partial charge in [-0.05, 0) is 40.0 Å². The minimum absolute atomic E-state index is 0.0394. The van der Waals surface area contributed by atoms with Crippen LogP contribution in [0, 0.1) is 0 Å². The van der Waals surface area contributed by atoms with E-state index in [9.17, 15) is 30.3 Å². The van der Waals surface area contributed by atoms with Crippen molar-refractivity contribution in [3.63, 3.8) is 0 Å². The van der Waals surface area contributed by atoms with Gasteiger partial charge in [-0.15, -0.1) is 0 Å². The highest BCUT2D eigenvalue weighted by Crippen LogP contribution is 2.48. The third-order valence-corrected chi connectivity index (χ3v) is 5.45. The van der Waals surface area contributed by atoms with Gasteiger partial charge in [0.2, 0.25) is 0 Å². The summed E-state index contributed by atoms with van der Waals surface area (Å²) in [7, 11) is 0. The summed E-state index contributed by atoms with van der Waals surface area (Å²) in [6.45, 7) is 6.05. The molecule has 0 saturated carbocycles. The predicted octanol–water partition coefficient (Wildman–Crippen LogP) is 5.16. The van der Waals surface area contributed by atoms with E-state index in [1.54, 1.807) is 0 Å². The number of fused-ring (bicyclic) bond motifs is 1. The fourth-order valence-electron chi connectivity index (χ4n) is 3.77. The van der Waals surface area contributed by atoms with Crippen LogP contribution in [0.2, 0.25) is 0 Å². The van der Waals surface area contributed by atoms with Crippen molar-refractivity contribution in [3.8, 4) is 34.5 Å². The van der Waals surface area contributed by atoms with Crippen molar-refractivity contribution in [2.75, 3.05) is 0 Å². The van der Waals surface area contributed by atoms with Crippen molar-refractivity contribution < 1.29 is 35.1 Å². The molecule has 5 N–H and O–H groups in total. The van der Waals surface area contributed by atoms with E-state index in [4.69, 9.17) is 4.74 Å². The van der Waals surface area contributed by atoms with E-state index < -0.39 is 23.4 Å². The minimum Gasteiger partial charge on any atom is -0.508 e. The SMILES string of the molecule is CC(C)=CCC/C(C)=C/Cc1c(O)cc2c(c1O)C(=O)C[C@H](c1c(O)cc(O)cc1O)O2. The zero-order chi connectivity index (χ0) is 23.6. The van der Waals surface area contributed by atoms with E-state index in [0.717, 1.165) is 30.5 Å². The molecular formula is C25H28O7. The van der Waals surface area contributed by atoms with Crippen molar-refractivity contribution in [3.05, 3.63) is 58.2 Å². The topological polar surface area (TPSA) is 127 Å². The summed E-state index contributed by atoms with van der Waals surface area (Å²) in [6.07, 6.45) is 4.76. The molecule has 7 nitrogen and oxygen atoms in total. The molecular weight excluding hydrogens is 412 g/mol. The lowest BCUT2D eigenvalue weighted by molar-refractivity contribution is 0.0838. The van der Waals surface area contributed by atoms with E-state index >= 15 is 0 Å². The number of rotatable bonds is 6. The first-order valence-corrected chi connectivity index (χ1v) is 10.4. The highest BCUT2D eigenvalue weighted by Gasteiger charge is 2.35. The Morgan fingerprint density at radius 1 is 1.00 bits per heavy atom. The number of hydrogen-bond acceptors (Lipinski definition) is 7. The van der Waals surface area contributed by atoms with Gasteiger partial charge in [0.1, 0.15) is 46.2 Å². The molecule has 0 aliphatic carbocycles. The minimum atomic E-state index is -1.04. The molecule has 0 fully saturated rings. The van der Waals surface area contributed by atoms with Gasteiger partial charge in [0.05, 0.1) is 12.0 Å². The lowest BCUT2D eigenvalue weighted by Gasteiger charge is -2.28. The number of carbonyl (C=O) groups is 1. The fraction of sp³-hybridized carbons (Fsp3) is 0.320. The zero-order valence-corrected chi connectivity index (χ0v) is 18.3. The Kier molecular flexibility index (Phi) is 6.67. The van der Waals surface area contributed by atoms with E-state index in [2.05, 4.69) is 6.08 Å². The highest BCUT2D eigenvalue weighted by atomic mass is 16.5. The van der Waals surface area contributed by atoms with Crippen molar-refractivity contribution >= 4 is 5.78 Å². The van der Waals surface area contributed by atoms with Crippen molar-refractivity contribution in [1.29, 1.82) is 0 Å². The summed E-state index contributed by atoms with van der Waals surface area (Å²) in [6, 6.07) is 3.32. The molecule has 0 bridgehead atoms. The molecule has 0 aromatic heterocycles. The molecule has 170 valence electrons. The molecule has 1 heterocycles. The number of ketones is 1. The van der Waals surface area contributed by atoms with Crippen LogP contribution >= 0.6 is 0 Å². The number of hydrogen-bond donors (Lipinski definition) is 5. The van der Waals surface area contributed by atoms with Crippen LogP contribution < -0.4 is 4.74 Å². The summed E-state index contributed by atoms with van der Waals surface area (Å²) in [5, 5.41) is 50.9. The summed E-state index contributed by atoms with van der Waals surface area (Å²) < 4.78 is 5.74. The second-order valence-electron chi connectivity index (χ2n) is 8.30. The molecule has 0 amide bonds. The Hall–Kier alpha value is -3.61. The molecule has 0 saturated heterocycles. The van der Waals surface area contributed by atoms with Crippen LogP contribution in [-0.2, 0) is 6.42 Å². The number of Topliss-reactive ketones (excluding diaryl/α,β-unsaturated/α-hetero) is 1. The Bertz CT molecular complexity index is 1080. The molecule has 2 aromatic carbocycles. The van der Waals surface area contributed by atoms with Crippen molar-refractivity contribution in [1.82, 2.24) is 0 Å². The number of aromatic hydroxyl groups is 5. The lowest BCUT2D eigenvalue weighted by Crippen LogP contribution is -2.21. The van der Waals surface area contributed by atoms with Crippen molar-refractivity contribution in [2.24, 2.45) is 0 Å². The van der Waals surface area contributed by atoms with Gasteiger partial charge in [-0.3, -0.25) is 4.79 Å². The predicted molar refractivity (Wildman–Crippen MR) is 120 cm³/mol. The average Bonchev–Trinajstić information content (AvgIpc) is 2.66. The second-order valence-corrected chi connectivity index (χ2v) is 8.30. The van der Waals surface area contributed by atoms with E-state index in [1.807, 2.05) is 26.8 Å². The number of allylic oxidation sites excluding steroid dienone is 4. The quantitative estimate of drug-likeness (QED) is 0.393.